The first kappa shape index (κ1) is 25.3. The van der Waals surface area contributed by atoms with E-state index in [1.54, 1.807) is 0 Å². The van der Waals surface area contributed by atoms with Crippen LogP contribution in [-0.2, 0) is 5.41 Å². The average molecular weight is 578 g/mol. The summed E-state index contributed by atoms with van der Waals surface area (Å²) < 4.78 is 1.25. The lowest BCUT2D eigenvalue weighted by atomic mass is 9.79. The number of nitriles is 1. The topological polar surface area (TPSA) is 23.8 Å². The molecule has 7 aromatic carbocycles. The molecule has 0 saturated carbocycles. The van der Waals surface area contributed by atoms with Gasteiger partial charge in [-0.2, -0.15) is 5.26 Å². The van der Waals surface area contributed by atoms with E-state index in [9.17, 15) is 5.26 Å². The van der Waals surface area contributed by atoms with Gasteiger partial charge in [-0.15, -0.1) is 11.3 Å². The molecule has 1 aromatic heterocycles. The molecular weight excluding hydrogens is 551 g/mol. The van der Waals surface area contributed by atoms with Crippen LogP contribution >= 0.6 is 11.3 Å². The van der Waals surface area contributed by atoms with Crippen LogP contribution in [0.15, 0.2) is 127 Å². The Kier molecular flexibility index (Phi) is 5.25. The number of fused-ring (bicyclic) bond motifs is 8. The number of nitrogens with zero attached hydrogens (tertiary/aromatic N) is 1. The Balaban J connectivity index is 1.33. The summed E-state index contributed by atoms with van der Waals surface area (Å²) in [5, 5.41) is 18.4. The molecule has 0 bridgehead atoms. The van der Waals surface area contributed by atoms with Crippen molar-refractivity contribution in [2.24, 2.45) is 0 Å². The van der Waals surface area contributed by atoms with Crippen LogP contribution in [0.3, 0.4) is 0 Å². The van der Waals surface area contributed by atoms with Gasteiger partial charge in [-0.3, -0.25) is 0 Å². The summed E-state index contributed by atoms with van der Waals surface area (Å²) in [6.45, 7) is 4.68. The first-order valence-corrected chi connectivity index (χ1v) is 15.9. The van der Waals surface area contributed by atoms with E-state index in [0.717, 1.165) is 5.56 Å². The van der Waals surface area contributed by atoms with E-state index >= 15 is 0 Å². The Bertz CT molecular complexity index is 2480. The van der Waals surface area contributed by atoms with Crippen LogP contribution in [0, 0.1) is 11.3 Å². The molecule has 1 heterocycles. The number of benzene rings is 7. The molecule has 0 atom stereocenters. The largest absolute Gasteiger partial charge is 0.192 e. The van der Waals surface area contributed by atoms with Gasteiger partial charge in [0.2, 0.25) is 0 Å². The molecule has 1 aliphatic carbocycles. The number of thiophene rings is 1. The van der Waals surface area contributed by atoms with Gasteiger partial charge in [-0.05, 0) is 101 Å². The predicted molar refractivity (Wildman–Crippen MR) is 187 cm³/mol. The zero-order chi connectivity index (χ0) is 29.6. The first-order valence-electron chi connectivity index (χ1n) is 15.1. The van der Waals surface area contributed by atoms with Gasteiger partial charge in [-0.1, -0.05) is 117 Å². The van der Waals surface area contributed by atoms with Crippen LogP contribution in [-0.4, -0.2) is 0 Å². The van der Waals surface area contributed by atoms with E-state index in [1.165, 1.54) is 86.2 Å². The molecule has 0 unspecified atom stereocenters. The molecule has 0 fully saturated rings. The third-order valence-electron chi connectivity index (χ3n) is 9.66. The van der Waals surface area contributed by atoms with Crippen molar-refractivity contribution in [3.05, 3.63) is 144 Å². The zero-order valence-electron chi connectivity index (χ0n) is 24.5. The summed E-state index contributed by atoms with van der Waals surface area (Å²) in [6.07, 6.45) is 0. The van der Waals surface area contributed by atoms with E-state index < -0.39 is 0 Å². The maximum atomic E-state index is 9.62. The van der Waals surface area contributed by atoms with Gasteiger partial charge < -0.3 is 0 Å². The highest BCUT2D eigenvalue weighted by Crippen LogP contribution is 2.56. The van der Waals surface area contributed by atoms with Gasteiger partial charge in [-0.25, -0.2) is 0 Å². The zero-order valence-corrected chi connectivity index (χ0v) is 25.3. The van der Waals surface area contributed by atoms with Crippen molar-refractivity contribution in [3.8, 4) is 38.8 Å². The van der Waals surface area contributed by atoms with E-state index in [0.29, 0.717) is 0 Å². The van der Waals surface area contributed by atoms with Gasteiger partial charge in [0.05, 0.1) is 11.6 Å². The number of hydrogen-bond acceptors (Lipinski definition) is 2. The first-order chi connectivity index (χ1) is 21.5. The van der Waals surface area contributed by atoms with Crippen LogP contribution in [0.5, 0.6) is 0 Å². The van der Waals surface area contributed by atoms with Crippen LogP contribution < -0.4 is 0 Å². The molecule has 1 aliphatic rings. The molecule has 1 nitrogen and oxygen atoms in total. The second-order valence-electron chi connectivity index (χ2n) is 12.4. The third kappa shape index (κ3) is 3.39. The van der Waals surface area contributed by atoms with Gasteiger partial charge in [0.25, 0.3) is 0 Å². The lowest BCUT2D eigenvalue weighted by Crippen LogP contribution is -2.15. The van der Waals surface area contributed by atoms with Crippen molar-refractivity contribution in [2.75, 3.05) is 0 Å². The summed E-state index contributed by atoms with van der Waals surface area (Å²) in [5.74, 6) is 0. The molecule has 0 aliphatic heterocycles. The smallest absolute Gasteiger partial charge is 0.0991 e. The Hall–Kier alpha value is -5.23. The molecular formula is C42H27NS. The quantitative estimate of drug-likeness (QED) is 0.187. The monoisotopic (exact) mass is 577 g/mol. The van der Waals surface area contributed by atoms with Gasteiger partial charge in [0, 0.05) is 15.0 Å². The minimum Gasteiger partial charge on any atom is -0.192 e. The highest BCUT2D eigenvalue weighted by molar-refractivity contribution is 7.22. The molecule has 9 rings (SSSR count). The molecule has 2 heteroatoms. The second kappa shape index (κ2) is 9.13. The standard InChI is InChI=1S/C42H27NS/c1-42(2)36-23-27(19-20-34(36)41-40(42)35-22-25(24-43)18-21-37(35)44-41)38-30-13-5-7-15-32(30)39(33-16-8-6-14-31(33)38)29-17-9-11-26-10-3-4-12-28(26)29/h3-23H,1-2H3. The maximum absolute atomic E-state index is 9.62. The molecule has 0 amide bonds. The third-order valence-corrected chi connectivity index (χ3v) is 10.9. The summed E-state index contributed by atoms with van der Waals surface area (Å²) in [5.41, 5.74) is 9.64. The SMILES string of the molecule is CC1(C)c2cc(-c3c4ccccc4c(-c4cccc5ccccc45)c4ccccc34)ccc2-c2sc3ccc(C#N)cc3c21. The second-order valence-corrected chi connectivity index (χ2v) is 13.4. The Labute approximate surface area is 260 Å². The molecule has 206 valence electrons. The summed E-state index contributed by atoms with van der Waals surface area (Å²) in [6, 6.07) is 48.7. The van der Waals surface area contributed by atoms with Crippen molar-refractivity contribution in [1.29, 1.82) is 5.26 Å². The van der Waals surface area contributed by atoms with Crippen LogP contribution in [0.25, 0.3) is 75.1 Å². The van der Waals surface area contributed by atoms with E-state index in [2.05, 4.69) is 141 Å². The summed E-state index contributed by atoms with van der Waals surface area (Å²) >= 11 is 1.85. The molecule has 0 N–H and O–H groups in total. The van der Waals surface area contributed by atoms with Crippen molar-refractivity contribution < 1.29 is 0 Å². The van der Waals surface area contributed by atoms with Crippen LogP contribution in [0.2, 0.25) is 0 Å². The van der Waals surface area contributed by atoms with Crippen LogP contribution in [0.4, 0.5) is 0 Å². The number of hydrogen-bond donors (Lipinski definition) is 0. The normalized spacial score (nSPS) is 13.4. The maximum Gasteiger partial charge on any atom is 0.0991 e. The van der Waals surface area contributed by atoms with Crippen LogP contribution in [0.1, 0.15) is 30.5 Å². The van der Waals surface area contributed by atoms with Crippen molar-refractivity contribution in [1.82, 2.24) is 0 Å². The lowest BCUT2D eigenvalue weighted by Gasteiger charge is -2.23. The molecule has 0 spiro atoms. The molecule has 8 aromatic rings. The van der Waals surface area contributed by atoms with Crippen molar-refractivity contribution in [3.63, 3.8) is 0 Å². The summed E-state index contributed by atoms with van der Waals surface area (Å²) in [4.78, 5) is 1.34. The fraction of sp³-hybridized carbons (Fsp3) is 0.0714. The van der Waals surface area contributed by atoms with Gasteiger partial charge >= 0.3 is 0 Å². The number of rotatable bonds is 2. The van der Waals surface area contributed by atoms with E-state index in [-0.39, 0.29) is 5.41 Å². The molecule has 44 heavy (non-hydrogen) atoms. The predicted octanol–water partition coefficient (Wildman–Crippen LogP) is 11.9. The lowest BCUT2D eigenvalue weighted by molar-refractivity contribution is 0.667. The average Bonchev–Trinajstić information content (AvgIpc) is 3.55. The highest BCUT2D eigenvalue weighted by Gasteiger charge is 2.39. The minimum atomic E-state index is -0.179. The van der Waals surface area contributed by atoms with Gasteiger partial charge in [0.1, 0.15) is 0 Å². The highest BCUT2D eigenvalue weighted by atomic mass is 32.1. The Morgan fingerprint density at radius 1 is 0.568 bits per heavy atom. The summed E-state index contributed by atoms with van der Waals surface area (Å²) in [7, 11) is 0. The minimum absolute atomic E-state index is 0.179. The van der Waals surface area contributed by atoms with Gasteiger partial charge in [0.15, 0.2) is 0 Å². The van der Waals surface area contributed by atoms with Crippen molar-refractivity contribution >= 4 is 53.7 Å². The Morgan fingerprint density at radius 2 is 1.20 bits per heavy atom. The molecule has 0 saturated heterocycles. The molecule has 0 radical (unpaired) electrons. The van der Waals surface area contributed by atoms with E-state index in [1.807, 2.05) is 17.4 Å². The fourth-order valence-corrected chi connectivity index (χ4v) is 9.08. The fourth-order valence-electron chi connectivity index (χ4n) is 7.70. The Morgan fingerprint density at radius 3 is 1.91 bits per heavy atom. The van der Waals surface area contributed by atoms with Crippen molar-refractivity contribution in [2.45, 2.75) is 19.3 Å². The van der Waals surface area contributed by atoms with E-state index in [4.69, 9.17) is 0 Å².